The molecule has 0 radical (unpaired) electrons. The van der Waals surface area contributed by atoms with E-state index in [4.69, 9.17) is 12.2 Å². The smallest absolute Gasteiger partial charge is 0.265 e. The third-order valence-corrected chi connectivity index (χ3v) is 4.34. The number of nitrogens with zero attached hydrogens (tertiary/aromatic N) is 1. The van der Waals surface area contributed by atoms with E-state index < -0.39 is 18.4 Å². The van der Waals surface area contributed by atoms with Gasteiger partial charge >= 0.3 is 0 Å². The second-order valence-electron chi connectivity index (χ2n) is 4.42. The number of hydrogen-bond acceptors (Lipinski definition) is 6. The van der Waals surface area contributed by atoms with Crippen LogP contribution in [-0.4, -0.2) is 40.6 Å². The molecule has 0 saturated carbocycles. The molecule has 1 heterocycles. The molecular weight excluding hydrogens is 324 g/mol. The Bertz CT molecular complexity index is 683. The Balaban J connectivity index is 2.10. The fraction of sp³-hybridized carbons (Fsp3) is 0.143. The van der Waals surface area contributed by atoms with Crippen LogP contribution in [0, 0.1) is 0 Å². The first-order valence-corrected chi connectivity index (χ1v) is 7.40. The molecule has 1 aromatic carbocycles. The van der Waals surface area contributed by atoms with E-state index in [1.807, 2.05) is 0 Å². The quantitative estimate of drug-likeness (QED) is 0.615. The molecule has 1 aliphatic heterocycles. The molecule has 1 saturated heterocycles. The summed E-state index contributed by atoms with van der Waals surface area (Å²) in [5.74, 6) is -2.02. The summed E-state index contributed by atoms with van der Waals surface area (Å²) in [4.78, 5) is 35.7. The molecule has 1 fully saturated rings. The Labute approximate surface area is 136 Å². The molecule has 0 bridgehead atoms. The number of likely N-dealkylation sites (N-methyl/N-ethyl adjacent to an activating group) is 1. The van der Waals surface area contributed by atoms with Crippen LogP contribution in [0.4, 0.5) is 0 Å². The molecular formula is C14H11N2O4S2-. The van der Waals surface area contributed by atoms with Crippen LogP contribution in [-0.2, 0) is 9.59 Å². The zero-order valence-electron chi connectivity index (χ0n) is 11.5. The highest BCUT2D eigenvalue weighted by molar-refractivity contribution is 8.26. The highest BCUT2D eigenvalue weighted by Crippen LogP contribution is 2.31. The predicted molar refractivity (Wildman–Crippen MR) is 84.7 cm³/mol. The molecule has 0 aliphatic carbocycles. The zero-order chi connectivity index (χ0) is 16.3. The second kappa shape index (κ2) is 6.71. The summed E-state index contributed by atoms with van der Waals surface area (Å²) in [6.45, 7) is -0.542. The minimum absolute atomic E-state index is 0.161. The van der Waals surface area contributed by atoms with Crippen LogP contribution in [0.1, 0.15) is 15.9 Å². The largest absolute Gasteiger partial charge is 0.548 e. The SMILES string of the molecule is CN1C(=O)/C(=C/c2ccc(C(=O)NCC(=O)[O-])cc2)SC1=S. The van der Waals surface area contributed by atoms with Crippen molar-refractivity contribution >= 4 is 52.2 Å². The van der Waals surface area contributed by atoms with Gasteiger partial charge in [-0.15, -0.1) is 0 Å². The van der Waals surface area contributed by atoms with Gasteiger partial charge in [-0.1, -0.05) is 36.1 Å². The summed E-state index contributed by atoms with van der Waals surface area (Å²) in [6, 6.07) is 6.42. The summed E-state index contributed by atoms with van der Waals surface area (Å²) in [5, 5.41) is 12.5. The molecule has 0 aromatic heterocycles. The molecule has 2 amide bonds. The van der Waals surface area contributed by atoms with Crippen LogP contribution in [0.2, 0.25) is 0 Å². The topological polar surface area (TPSA) is 89.5 Å². The zero-order valence-corrected chi connectivity index (χ0v) is 13.1. The number of carbonyl (C=O) groups excluding carboxylic acids is 3. The molecule has 114 valence electrons. The maximum Gasteiger partial charge on any atom is 0.265 e. The third-order valence-electron chi connectivity index (χ3n) is 2.85. The number of nitrogens with one attached hydrogen (secondary N) is 1. The fourth-order valence-electron chi connectivity index (χ4n) is 1.68. The molecule has 8 heteroatoms. The Kier molecular flexibility index (Phi) is 4.94. The number of aliphatic carboxylic acids is 1. The van der Waals surface area contributed by atoms with Crippen molar-refractivity contribution in [2.24, 2.45) is 0 Å². The summed E-state index contributed by atoms with van der Waals surface area (Å²) >= 11 is 6.25. The van der Waals surface area contributed by atoms with Crippen molar-refractivity contribution in [3.63, 3.8) is 0 Å². The molecule has 0 atom stereocenters. The molecule has 1 aliphatic rings. The first-order chi connectivity index (χ1) is 10.4. The molecule has 22 heavy (non-hydrogen) atoms. The lowest BCUT2D eigenvalue weighted by Gasteiger charge is -2.06. The number of carboxylic acid groups (broad SMARTS) is 1. The van der Waals surface area contributed by atoms with Gasteiger partial charge in [-0.3, -0.25) is 14.5 Å². The number of thioether (sulfide) groups is 1. The average Bonchev–Trinajstić information content (AvgIpc) is 2.73. The van der Waals surface area contributed by atoms with Crippen LogP contribution in [0.15, 0.2) is 29.2 Å². The molecule has 0 unspecified atom stereocenters. The average molecular weight is 335 g/mol. The maximum absolute atomic E-state index is 11.9. The van der Waals surface area contributed by atoms with Gasteiger partial charge in [0.1, 0.15) is 4.32 Å². The van der Waals surface area contributed by atoms with Crippen molar-refractivity contribution in [2.75, 3.05) is 13.6 Å². The maximum atomic E-state index is 11.9. The molecule has 1 N–H and O–H groups in total. The van der Waals surface area contributed by atoms with E-state index in [0.29, 0.717) is 14.8 Å². The van der Waals surface area contributed by atoms with E-state index >= 15 is 0 Å². The van der Waals surface area contributed by atoms with Gasteiger partial charge in [-0.2, -0.15) is 0 Å². The van der Waals surface area contributed by atoms with Gasteiger partial charge in [0, 0.05) is 12.6 Å². The number of thiocarbonyl (C=S) groups is 1. The summed E-state index contributed by atoms with van der Waals surface area (Å²) in [6.07, 6.45) is 1.69. The minimum Gasteiger partial charge on any atom is -0.548 e. The van der Waals surface area contributed by atoms with Crippen molar-refractivity contribution in [1.82, 2.24) is 10.2 Å². The van der Waals surface area contributed by atoms with Gasteiger partial charge in [0.25, 0.3) is 11.8 Å². The van der Waals surface area contributed by atoms with E-state index in [0.717, 1.165) is 5.56 Å². The third kappa shape index (κ3) is 3.71. The fourth-order valence-corrected chi connectivity index (χ4v) is 2.86. The van der Waals surface area contributed by atoms with Crippen molar-refractivity contribution in [3.05, 3.63) is 40.3 Å². The van der Waals surface area contributed by atoms with E-state index in [2.05, 4.69) is 5.32 Å². The second-order valence-corrected chi connectivity index (χ2v) is 6.09. The normalized spacial score (nSPS) is 16.2. The van der Waals surface area contributed by atoms with Gasteiger partial charge in [0.2, 0.25) is 0 Å². The summed E-state index contributed by atoms with van der Waals surface area (Å²) < 4.78 is 0.495. The van der Waals surface area contributed by atoms with Crippen molar-refractivity contribution in [1.29, 1.82) is 0 Å². The van der Waals surface area contributed by atoms with Crippen LogP contribution in [0.25, 0.3) is 6.08 Å². The number of carboxylic acids is 1. The number of rotatable bonds is 4. The van der Waals surface area contributed by atoms with Crippen LogP contribution >= 0.6 is 24.0 Å². The van der Waals surface area contributed by atoms with Crippen molar-refractivity contribution < 1.29 is 19.5 Å². The summed E-state index contributed by atoms with van der Waals surface area (Å²) in [5.41, 5.74) is 1.06. The molecule has 0 spiro atoms. The monoisotopic (exact) mass is 335 g/mol. The van der Waals surface area contributed by atoms with Crippen LogP contribution in [0.3, 0.4) is 0 Å². The lowest BCUT2D eigenvalue weighted by atomic mass is 10.1. The number of carbonyl (C=O) groups is 3. The van der Waals surface area contributed by atoms with Gasteiger partial charge in [-0.25, -0.2) is 0 Å². The van der Waals surface area contributed by atoms with Gasteiger partial charge in [0.05, 0.1) is 17.4 Å². The van der Waals surface area contributed by atoms with E-state index in [-0.39, 0.29) is 5.91 Å². The van der Waals surface area contributed by atoms with Crippen LogP contribution in [0.5, 0.6) is 0 Å². The predicted octanol–water partition coefficient (Wildman–Crippen LogP) is -0.00270. The Morgan fingerprint density at radius 3 is 2.50 bits per heavy atom. The lowest BCUT2D eigenvalue weighted by Crippen LogP contribution is -2.37. The summed E-state index contributed by atoms with van der Waals surface area (Å²) in [7, 11) is 1.61. The van der Waals surface area contributed by atoms with Gasteiger partial charge in [-0.05, 0) is 23.8 Å². The Morgan fingerprint density at radius 2 is 2.00 bits per heavy atom. The highest BCUT2D eigenvalue weighted by Gasteiger charge is 2.28. The highest BCUT2D eigenvalue weighted by atomic mass is 32.2. The van der Waals surface area contributed by atoms with Crippen LogP contribution < -0.4 is 10.4 Å². The first-order valence-electron chi connectivity index (χ1n) is 6.18. The minimum atomic E-state index is -1.36. The van der Waals surface area contributed by atoms with Crippen molar-refractivity contribution in [3.8, 4) is 0 Å². The van der Waals surface area contributed by atoms with E-state index in [1.165, 1.54) is 16.7 Å². The van der Waals surface area contributed by atoms with Gasteiger partial charge in [0.15, 0.2) is 0 Å². The molecule has 6 nitrogen and oxygen atoms in total. The molecule has 2 rings (SSSR count). The Hall–Kier alpha value is -2.19. The first kappa shape index (κ1) is 16.2. The van der Waals surface area contributed by atoms with Gasteiger partial charge < -0.3 is 15.2 Å². The molecule has 1 aromatic rings. The number of benzene rings is 1. The van der Waals surface area contributed by atoms with E-state index in [9.17, 15) is 19.5 Å². The van der Waals surface area contributed by atoms with E-state index in [1.54, 1.807) is 37.4 Å². The van der Waals surface area contributed by atoms with Crippen molar-refractivity contribution in [2.45, 2.75) is 0 Å². The Morgan fingerprint density at radius 1 is 1.36 bits per heavy atom. The standard InChI is InChI=1S/C14H12N2O4S2/c1-16-13(20)10(22-14(16)21)6-8-2-4-9(5-3-8)12(19)15-7-11(17)18/h2-6H,7H2,1H3,(H,15,19)(H,17,18)/p-1/b10-6-. The lowest BCUT2D eigenvalue weighted by molar-refractivity contribution is -0.303. The number of amides is 2. The number of hydrogen-bond donors (Lipinski definition) is 1.